The summed E-state index contributed by atoms with van der Waals surface area (Å²) in [7, 11) is 0. The monoisotopic (exact) mass is 268 g/mol. The molecule has 2 fully saturated rings. The van der Waals surface area contributed by atoms with Crippen molar-refractivity contribution >= 4 is 0 Å². The lowest BCUT2D eigenvalue weighted by Crippen LogP contribution is -2.45. The first-order valence-corrected chi connectivity index (χ1v) is 6.80. The van der Waals surface area contributed by atoms with Crippen molar-refractivity contribution in [2.45, 2.75) is 18.9 Å². The summed E-state index contributed by atoms with van der Waals surface area (Å²) in [6, 6.07) is 1.90. The first-order chi connectivity index (χ1) is 9.18. The maximum atomic E-state index is 14.1. The van der Waals surface area contributed by atoms with Gasteiger partial charge in [0.2, 0.25) is 0 Å². The fraction of sp³-hybridized carbons (Fsp3) is 0.571. The Morgan fingerprint density at radius 1 is 1.16 bits per heavy atom. The van der Waals surface area contributed by atoms with E-state index < -0.39 is 17.4 Å². The molecule has 0 bridgehead atoms. The Kier molecular flexibility index (Phi) is 3.41. The van der Waals surface area contributed by atoms with Crippen LogP contribution in [0, 0.1) is 17.6 Å². The number of phenolic OH excluding ortho intramolecular Hbond substituents is 1. The lowest BCUT2D eigenvalue weighted by atomic mass is 9.98. The average Bonchev–Trinajstić information content (AvgIpc) is 3.24. The van der Waals surface area contributed by atoms with Gasteiger partial charge in [0.25, 0.3) is 0 Å². The third-order valence-corrected chi connectivity index (χ3v) is 4.02. The van der Waals surface area contributed by atoms with Crippen molar-refractivity contribution in [3.8, 4) is 5.75 Å². The molecule has 1 saturated carbocycles. The number of nitrogens with zero attached hydrogens (tertiary/aromatic N) is 1. The number of aromatic hydroxyl groups is 1. The van der Waals surface area contributed by atoms with Crippen LogP contribution in [0.5, 0.6) is 5.75 Å². The van der Waals surface area contributed by atoms with Crippen LogP contribution < -0.4 is 5.32 Å². The number of hydrogen-bond donors (Lipinski definition) is 2. The van der Waals surface area contributed by atoms with Crippen LogP contribution in [-0.4, -0.2) is 36.2 Å². The number of benzene rings is 1. The molecular formula is C14H18F2N2O. The van der Waals surface area contributed by atoms with Crippen LogP contribution in [0.3, 0.4) is 0 Å². The van der Waals surface area contributed by atoms with Gasteiger partial charge in [0.1, 0.15) is 5.82 Å². The van der Waals surface area contributed by atoms with Gasteiger partial charge < -0.3 is 10.4 Å². The number of hydrogen-bond acceptors (Lipinski definition) is 3. The molecule has 1 aliphatic heterocycles. The average molecular weight is 268 g/mol. The second-order valence-electron chi connectivity index (χ2n) is 5.36. The summed E-state index contributed by atoms with van der Waals surface area (Å²) in [5, 5.41) is 13.1. The Labute approximate surface area is 111 Å². The Balaban J connectivity index is 1.97. The quantitative estimate of drug-likeness (QED) is 0.880. The van der Waals surface area contributed by atoms with Crippen LogP contribution in [0.25, 0.3) is 0 Å². The normalized spacial score (nSPS) is 22.4. The molecule has 2 N–H and O–H groups in total. The summed E-state index contributed by atoms with van der Waals surface area (Å²) >= 11 is 0. The first kappa shape index (κ1) is 12.8. The molecule has 104 valence electrons. The van der Waals surface area contributed by atoms with Crippen molar-refractivity contribution in [1.29, 1.82) is 0 Å². The standard InChI is InChI=1S/C14H18F2N2O/c15-10-3-4-11(16)14(19)12(10)13(9-1-2-9)18-7-5-17-6-8-18/h3-4,9,13,17,19H,1-2,5-8H2/t13-/m0/s1. The van der Waals surface area contributed by atoms with Crippen molar-refractivity contribution in [3.05, 3.63) is 29.3 Å². The highest BCUT2D eigenvalue weighted by Crippen LogP contribution is 2.48. The molecule has 1 aromatic rings. The number of phenols is 1. The number of piperazine rings is 1. The largest absolute Gasteiger partial charge is 0.505 e. The van der Waals surface area contributed by atoms with E-state index in [1.165, 1.54) is 0 Å². The zero-order valence-electron chi connectivity index (χ0n) is 10.7. The molecule has 0 radical (unpaired) electrons. The molecule has 19 heavy (non-hydrogen) atoms. The van der Waals surface area contributed by atoms with Crippen molar-refractivity contribution in [1.82, 2.24) is 10.2 Å². The Morgan fingerprint density at radius 3 is 2.42 bits per heavy atom. The van der Waals surface area contributed by atoms with Gasteiger partial charge in [-0.1, -0.05) is 0 Å². The highest BCUT2D eigenvalue weighted by Gasteiger charge is 2.40. The highest BCUT2D eigenvalue weighted by molar-refractivity contribution is 5.38. The van der Waals surface area contributed by atoms with Crippen LogP contribution in [0.2, 0.25) is 0 Å². The Hall–Kier alpha value is -1.20. The molecule has 3 nitrogen and oxygen atoms in total. The molecule has 2 aliphatic rings. The van der Waals surface area contributed by atoms with Crippen molar-refractivity contribution in [2.24, 2.45) is 5.92 Å². The minimum atomic E-state index is -0.739. The molecule has 0 spiro atoms. The van der Waals surface area contributed by atoms with E-state index in [0.717, 1.165) is 51.2 Å². The lowest BCUT2D eigenvalue weighted by molar-refractivity contribution is 0.149. The fourth-order valence-electron chi connectivity index (χ4n) is 2.93. The van der Waals surface area contributed by atoms with E-state index in [4.69, 9.17) is 0 Å². The second-order valence-corrected chi connectivity index (χ2v) is 5.36. The van der Waals surface area contributed by atoms with Crippen LogP contribution in [0.4, 0.5) is 8.78 Å². The first-order valence-electron chi connectivity index (χ1n) is 6.80. The van der Waals surface area contributed by atoms with Crippen LogP contribution in [0.15, 0.2) is 12.1 Å². The van der Waals surface area contributed by atoms with Crippen LogP contribution in [-0.2, 0) is 0 Å². The minimum absolute atomic E-state index is 0.143. The summed E-state index contributed by atoms with van der Waals surface area (Å²) in [4.78, 5) is 2.16. The molecule has 0 amide bonds. The van der Waals surface area contributed by atoms with Gasteiger partial charge in [0.05, 0.1) is 5.56 Å². The molecule has 1 heterocycles. The molecular weight excluding hydrogens is 250 g/mol. The van der Waals surface area contributed by atoms with Gasteiger partial charge in [-0.3, -0.25) is 4.90 Å². The zero-order chi connectivity index (χ0) is 13.4. The summed E-state index contributed by atoms with van der Waals surface area (Å²) < 4.78 is 27.6. The van der Waals surface area contributed by atoms with E-state index in [1.807, 2.05) is 0 Å². The van der Waals surface area contributed by atoms with E-state index in [-0.39, 0.29) is 11.6 Å². The zero-order valence-corrected chi connectivity index (χ0v) is 10.7. The smallest absolute Gasteiger partial charge is 0.165 e. The van der Waals surface area contributed by atoms with Gasteiger partial charge in [-0.15, -0.1) is 0 Å². The third kappa shape index (κ3) is 2.44. The maximum Gasteiger partial charge on any atom is 0.165 e. The van der Waals surface area contributed by atoms with Crippen LogP contribution in [0.1, 0.15) is 24.4 Å². The molecule has 1 aliphatic carbocycles. The molecule has 0 unspecified atom stereocenters. The molecule has 1 atom stereocenters. The molecule has 3 rings (SSSR count). The summed E-state index contributed by atoms with van der Waals surface area (Å²) in [5.74, 6) is -1.43. The number of halogens is 2. The molecule has 5 heteroatoms. The molecule has 1 saturated heterocycles. The van der Waals surface area contributed by atoms with Crippen molar-refractivity contribution < 1.29 is 13.9 Å². The predicted octanol–water partition coefficient (Wildman–Crippen LogP) is 2.03. The minimum Gasteiger partial charge on any atom is -0.505 e. The summed E-state index contributed by atoms with van der Waals surface area (Å²) in [5.41, 5.74) is 0.143. The second kappa shape index (κ2) is 5.06. The van der Waals surface area contributed by atoms with E-state index >= 15 is 0 Å². The summed E-state index contributed by atoms with van der Waals surface area (Å²) in [6.07, 6.45) is 2.04. The van der Waals surface area contributed by atoms with E-state index in [2.05, 4.69) is 10.2 Å². The Bertz CT molecular complexity index is 471. The van der Waals surface area contributed by atoms with Gasteiger partial charge in [-0.2, -0.15) is 0 Å². The number of rotatable bonds is 3. The Morgan fingerprint density at radius 2 is 1.79 bits per heavy atom. The van der Waals surface area contributed by atoms with Crippen LogP contribution >= 0.6 is 0 Å². The van der Waals surface area contributed by atoms with E-state index in [0.29, 0.717) is 5.92 Å². The van der Waals surface area contributed by atoms with Gasteiger partial charge in [0, 0.05) is 32.2 Å². The molecule has 0 aromatic heterocycles. The summed E-state index contributed by atoms with van der Waals surface area (Å²) in [6.45, 7) is 3.30. The van der Waals surface area contributed by atoms with Gasteiger partial charge >= 0.3 is 0 Å². The van der Waals surface area contributed by atoms with E-state index in [9.17, 15) is 13.9 Å². The topological polar surface area (TPSA) is 35.5 Å². The maximum absolute atomic E-state index is 14.1. The van der Waals surface area contributed by atoms with Gasteiger partial charge in [-0.05, 0) is 30.9 Å². The number of nitrogens with one attached hydrogen (secondary N) is 1. The molecule has 1 aromatic carbocycles. The van der Waals surface area contributed by atoms with Crippen molar-refractivity contribution in [3.63, 3.8) is 0 Å². The third-order valence-electron chi connectivity index (χ3n) is 4.02. The predicted molar refractivity (Wildman–Crippen MR) is 67.9 cm³/mol. The van der Waals surface area contributed by atoms with Crippen molar-refractivity contribution in [2.75, 3.05) is 26.2 Å². The van der Waals surface area contributed by atoms with Gasteiger partial charge in [-0.25, -0.2) is 8.78 Å². The highest BCUT2D eigenvalue weighted by atomic mass is 19.1. The van der Waals surface area contributed by atoms with E-state index in [1.54, 1.807) is 0 Å². The lowest BCUT2D eigenvalue weighted by Gasteiger charge is -2.35. The van der Waals surface area contributed by atoms with Gasteiger partial charge in [0.15, 0.2) is 11.6 Å². The SMILES string of the molecule is Oc1c(F)ccc(F)c1[C@H](C1CC1)N1CCNCC1. The fourth-order valence-corrected chi connectivity index (χ4v) is 2.93.